The number of nitrogens with two attached hydrogens (primary N) is 1. The van der Waals surface area contributed by atoms with Gasteiger partial charge in [-0.1, -0.05) is 59.9 Å². The molecule has 1 aliphatic heterocycles. The molecule has 1 heterocycles. The second kappa shape index (κ2) is 12.1. The second-order valence-corrected chi connectivity index (χ2v) is 15.1. The highest BCUT2D eigenvalue weighted by Crippen LogP contribution is 2.70. The molecule has 1 atom stereocenters. The molecule has 0 radical (unpaired) electrons. The van der Waals surface area contributed by atoms with Crippen LogP contribution in [-0.2, 0) is 14.1 Å². The van der Waals surface area contributed by atoms with Crippen LogP contribution in [0.4, 0.5) is 0 Å². The Bertz CT molecular complexity index is 1270. The third-order valence-corrected chi connectivity index (χ3v) is 12.5. The van der Waals surface area contributed by atoms with E-state index < -0.39 is 17.4 Å². The number of hydrogen-bond donors (Lipinski definition) is 1. The summed E-state index contributed by atoms with van der Waals surface area (Å²) in [6, 6.07) is 25.0. The molecule has 0 saturated carbocycles. The van der Waals surface area contributed by atoms with Crippen LogP contribution in [0, 0.1) is 0 Å². The molecule has 1 fully saturated rings. The summed E-state index contributed by atoms with van der Waals surface area (Å²) < 4.78 is 24.8. The lowest BCUT2D eigenvalue weighted by molar-refractivity contribution is -0.122. The molecule has 0 aromatic heterocycles. The zero-order chi connectivity index (χ0) is 26.3. The minimum Gasteiger partial charge on any atom is -0.494 e. The predicted octanol–water partition coefficient (Wildman–Crippen LogP) is 6.43. The SMILES string of the molecule is CP(=O)(Sc1ccc(OCCCC(=O)c2cccc(-c3ccccc3)c2)cc1)C1(C(N)=O)CCOCC1. The van der Waals surface area contributed by atoms with Crippen molar-refractivity contribution in [1.29, 1.82) is 0 Å². The predicted molar refractivity (Wildman–Crippen MR) is 149 cm³/mol. The fourth-order valence-corrected chi connectivity index (χ4v) is 9.66. The van der Waals surface area contributed by atoms with Gasteiger partial charge in [0, 0.05) is 30.1 Å². The number of carbonyl (C=O) groups is 2. The van der Waals surface area contributed by atoms with E-state index in [9.17, 15) is 14.2 Å². The number of rotatable bonds is 11. The molecular weight excluding hydrogens is 505 g/mol. The fraction of sp³-hybridized carbons (Fsp3) is 0.310. The normalized spacial score (nSPS) is 16.5. The molecule has 3 aromatic carbocycles. The Balaban J connectivity index is 1.28. The maximum atomic E-state index is 13.6. The Morgan fingerprint density at radius 3 is 2.32 bits per heavy atom. The number of hydrogen-bond acceptors (Lipinski definition) is 6. The van der Waals surface area contributed by atoms with Crippen molar-refractivity contribution < 1.29 is 23.6 Å². The Morgan fingerprint density at radius 2 is 1.65 bits per heavy atom. The Hall–Kier alpha value is -2.86. The molecule has 194 valence electrons. The van der Waals surface area contributed by atoms with Crippen LogP contribution in [-0.4, -0.2) is 43.3 Å². The van der Waals surface area contributed by atoms with E-state index in [0.29, 0.717) is 56.8 Å². The summed E-state index contributed by atoms with van der Waals surface area (Å²) in [5.74, 6) is 0.239. The molecule has 0 spiro atoms. The van der Waals surface area contributed by atoms with E-state index in [2.05, 4.69) is 0 Å². The topological polar surface area (TPSA) is 95.7 Å². The van der Waals surface area contributed by atoms with Gasteiger partial charge >= 0.3 is 0 Å². The van der Waals surface area contributed by atoms with E-state index in [1.807, 2.05) is 78.9 Å². The maximum absolute atomic E-state index is 13.6. The minimum absolute atomic E-state index is 0.0864. The summed E-state index contributed by atoms with van der Waals surface area (Å²) >= 11 is 1.22. The summed E-state index contributed by atoms with van der Waals surface area (Å²) in [6.45, 7) is 2.82. The molecule has 0 aliphatic carbocycles. The zero-order valence-electron chi connectivity index (χ0n) is 20.9. The molecule has 1 amide bonds. The van der Waals surface area contributed by atoms with E-state index in [0.717, 1.165) is 16.0 Å². The van der Waals surface area contributed by atoms with Crippen LogP contribution in [0.15, 0.2) is 83.8 Å². The fourth-order valence-electron chi connectivity index (χ4n) is 4.52. The lowest BCUT2D eigenvalue weighted by Gasteiger charge is -2.38. The summed E-state index contributed by atoms with van der Waals surface area (Å²) in [5, 5.41) is -1.04. The first-order valence-corrected chi connectivity index (χ1v) is 15.9. The van der Waals surface area contributed by atoms with E-state index in [1.54, 1.807) is 6.66 Å². The summed E-state index contributed by atoms with van der Waals surface area (Å²) in [5.41, 5.74) is 8.51. The van der Waals surface area contributed by atoms with Crippen LogP contribution in [0.5, 0.6) is 5.75 Å². The van der Waals surface area contributed by atoms with Gasteiger partial charge in [-0.2, -0.15) is 0 Å². The molecule has 2 N–H and O–H groups in total. The van der Waals surface area contributed by atoms with Crippen LogP contribution in [0.2, 0.25) is 0 Å². The highest BCUT2D eigenvalue weighted by atomic mass is 32.7. The van der Waals surface area contributed by atoms with Gasteiger partial charge in [-0.15, -0.1) is 0 Å². The summed E-state index contributed by atoms with van der Waals surface area (Å²) in [4.78, 5) is 25.8. The number of carbonyl (C=O) groups excluding carboxylic acids is 2. The molecule has 1 aliphatic rings. The van der Waals surface area contributed by atoms with E-state index >= 15 is 0 Å². The Morgan fingerprint density at radius 1 is 0.973 bits per heavy atom. The molecule has 8 heteroatoms. The highest BCUT2D eigenvalue weighted by Gasteiger charge is 2.51. The van der Waals surface area contributed by atoms with Gasteiger partial charge in [-0.3, -0.25) is 9.59 Å². The molecule has 1 unspecified atom stereocenters. The summed E-state index contributed by atoms with van der Waals surface area (Å²) in [6.07, 6.45) is -1.26. The molecule has 6 nitrogen and oxygen atoms in total. The van der Waals surface area contributed by atoms with E-state index in [4.69, 9.17) is 15.2 Å². The summed E-state index contributed by atoms with van der Waals surface area (Å²) in [7, 11) is 0. The van der Waals surface area contributed by atoms with Gasteiger partial charge in [-0.05, 0) is 67.4 Å². The van der Waals surface area contributed by atoms with Gasteiger partial charge < -0.3 is 19.8 Å². The lowest BCUT2D eigenvalue weighted by atomic mass is 9.98. The van der Waals surface area contributed by atoms with Crippen LogP contribution >= 0.6 is 17.7 Å². The van der Waals surface area contributed by atoms with Crippen LogP contribution in [0.3, 0.4) is 0 Å². The average molecular weight is 538 g/mol. The van der Waals surface area contributed by atoms with Gasteiger partial charge in [0.15, 0.2) is 12.1 Å². The monoisotopic (exact) mass is 537 g/mol. The number of amides is 1. The Labute approximate surface area is 222 Å². The number of ether oxygens (including phenoxy) is 2. The minimum atomic E-state index is -3.00. The third-order valence-electron chi connectivity index (χ3n) is 6.77. The first-order chi connectivity index (χ1) is 17.8. The zero-order valence-corrected chi connectivity index (χ0v) is 22.6. The van der Waals surface area contributed by atoms with Crippen LogP contribution in [0.1, 0.15) is 36.0 Å². The van der Waals surface area contributed by atoms with Crippen molar-refractivity contribution in [2.75, 3.05) is 26.5 Å². The van der Waals surface area contributed by atoms with Crippen molar-refractivity contribution in [3.05, 3.63) is 84.4 Å². The molecule has 4 rings (SSSR count). The number of primary amides is 1. The van der Waals surface area contributed by atoms with Gasteiger partial charge in [0.2, 0.25) is 5.91 Å². The molecule has 0 bridgehead atoms. The van der Waals surface area contributed by atoms with Crippen molar-refractivity contribution in [3.63, 3.8) is 0 Å². The van der Waals surface area contributed by atoms with Gasteiger partial charge in [0.05, 0.1) is 6.61 Å². The van der Waals surface area contributed by atoms with Crippen molar-refractivity contribution in [2.24, 2.45) is 5.73 Å². The quantitative estimate of drug-likeness (QED) is 0.172. The van der Waals surface area contributed by atoms with Crippen molar-refractivity contribution >= 4 is 29.4 Å². The second-order valence-electron chi connectivity index (χ2n) is 9.24. The van der Waals surface area contributed by atoms with E-state index in [-0.39, 0.29) is 5.78 Å². The molecular formula is C29H32NO5PS. The highest BCUT2D eigenvalue weighted by molar-refractivity contribution is 8.58. The Kier molecular flexibility index (Phi) is 8.91. The van der Waals surface area contributed by atoms with E-state index in [1.165, 1.54) is 11.4 Å². The van der Waals surface area contributed by atoms with Gasteiger partial charge in [0.25, 0.3) is 0 Å². The van der Waals surface area contributed by atoms with Crippen molar-refractivity contribution in [1.82, 2.24) is 0 Å². The number of ketones is 1. The first-order valence-electron chi connectivity index (χ1n) is 12.4. The van der Waals surface area contributed by atoms with Crippen molar-refractivity contribution in [2.45, 2.75) is 35.7 Å². The van der Waals surface area contributed by atoms with Crippen LogP contribution in [0.25, 0.3) is 11.1 Å². The first kappa shape index (κ1) is 27.2. The average Bonchev–Trinajstić information content (AvgIpc) is 2.92. The maximum Gasteiger partial charge on any atom is 0.232 e. The van der Waals surface area contributed by atoms with Crippen molar-refractivity contribution in [3.8, 4) is 16.9 Å². The third kappa shape index (κ3) is 6.53. The largest absolute Gasteiger partial charge is 0.494 e. The molecule has 1 saturated heterocycles. The number of Topliss-reactive ketones (excluding diaryl/α,β-unsaturated/α-hetero) is 1. The number of benzene rings is 3. The van der Waals surface area contributed by atoms with Gasteiger partial charge in [0.1, 0.15) is 10.9 Å². The van der Waals surface area contributed by atoms with Crippen LogP contribution < -0.4 is 10.5 Å². The van der Waals surface area contributed by atoms with Gasteiger partial charge in [-0.25, -0.2) is 0 Å². The lowest BCUT2D eigenvalue weighted by Crippen LogP contribution is -2.47. The molecule has 3 aromatic rings. The standard InChI is InChI=1S/C29H32NO5PS/c1-36(33,29(28(30)32)16-19-34-20-17-29)37-26-14-12-25(13-15-26)35-18-6-11-27(31)24-10-5-9-23(21-24)22-7-3-2-4-8-22/h2-5,7-10,12-15,21H,6,11,16-20H2,1H3,(H2,30,32). The smallest absolute Gasteiger partial charge is 0.232 e. The molecule has 37 heavy (non-hydrogen) atoms.